The first-order chi connectivity index (χ1) is 13.0. The van der Waals surface area contributed by atoms with Crippen LogP contribution in [-0.2, 0) is 4.79 Å². The van der Waals surface area contributed by atoms with Crippen LogP contribution < -0.4 is 15.4 Å². The summed E-state index contributed by atoms with van der Waals surface area (Å²) in [5.74, 6) is -1.45. The second-order valence-corrected chi connectivity index (χ2v) is 6.63. The lowest BCUT2D eigenvalue weighted by Gasteiger charge is -2.22. The van der Waals surface area contributed by atoms with E-state index in [9.17, 15) is 22.8 Å². The maximum Gasteiger partial charge on any atom is 0.573 e. The van der Waals surface area contributed by atoms with Crippen molar-refractivity contribution < 1.29 is 27.5 Å². The van der Waals surface area contributed by atoms with E-state index < -0.39 is 24.1 Å². The lowest BCUT2D eigenvalue weighted by Crippen LogP contribution is -2.47. The fourth-order valence-corrected chi connectivity index (χ4v) is 2.51. The maximum absolute atomic E-state index is 12.6. The smallest absolute Gasteiger partial charge is 0.406 e. The van der Waals surface area contributed by atoms with Gasteiger partial charge in [0.05, 0.1) is 0 Å². The minimum atomic E-state index is -4.78. The van der Waals surface area contributed by atoms with E-state index >= 15 is 0 Å². The largest absolute Gasteiger partial charge is 0.573 e. The molecule has 0 saturated carbocycles. The van der Waals surface area contributed by atoms with Crippen molar-refractivity contribution in [3.8, 4) is 5.75 Å². The average molecular weight is 394 g/mol. The van der Waals surface area contributed by atoms with Gasteiger partial charge < -0.3 is 15.4 Å². The number of aryl methyl sites for hydroxylation is 1. The Labute approximate surface area is 160 Å². The molecule has 1 atom stereocenters. The van der Waals surface area contributed by atoms with Gasteiger partial charge in [-0.2, -0.15) is 0 Å². The molecule has 1 unspecified atom stereocenters. The summed E-state index contributed by atoms with van der Waals surface area (Å²) in [6, 6.07) is 10.9. The van der Waals surface area contributed by atoms with Crippen LogP contribution in [0.2, 0.25) is 0 Å². The number of hydrogen-bond acceptors (Lipinski definition) is 3. The molecule has 0 aliphatic heterocycles. The Morgan fingerprint density at radius 1 is 1.04 bits per heavy atom. The Morgan fingerprint density at radius 3 is 2.21 bits per heavy atom. The number of rotatable bonds is 6. The van der Waals surface area contributed by atoms with Crippen molar-refractivity contribution in [2.24, 2.45) is 5.92 Å². The van der Waals surface area contributed by atoms with E-state index in [0.29, 0.717) is 5.56 Å². The summed E-state index contributed by atoms with van der Waals surface area (Å²) >= 11 is 0. The van der Waals surface area contributed by atoms with Crippen LogP contribution in [0.15, 0.2) is 48.5 Å². The van der Waals surface area contributed by atoms with E-state index in [0.717, 1.165) is 17.7 Å². The molecule has 0 heterocycles. The van der Waals surface area contributed by atoms with Crippen LogP contribution in [0.3, 0.4) is 0 Å². The highest BCUT2D eigenvalue weighted by molar-refractivity contribution is 6.01. The number of ether oxygens (including phenoxy) is 1. The van der Waals surface area contributed by atoms with E-state index in [4.69, 9.17) is 0 Å². The molecule has 28 heavy (non-hydrogen) atoms. The fraction of sp³-hybridized carbons (Fsp3) is 0.300. The molecule has 0 bridgehead atoms. The highest BCUT2D eigenvalue weighted by Gasteiger charge is 2.31. The lowest BCUT2D eigenvalue weighted by molar-refractivity contribution is -0.274. The molecule has 2 aromatic carbocycles. The first-order valence-corrected chi connectivity index (χ1v) is 8.59. The van der Waals surface area contributed by atoms with Crippen molar-refractivity contribution in [2.75, 3.05) is 5.32 Å². The molecular formula is C20H21F3N2O3. The minimum Gasteiger partial charge on any atom is -0.406 e. The van der Waals surface area contributed by atoms with E-state index in [1.54, 1.807) is 32.0 Å². The van der Waals surface area contributed by atoms with Crippen LogP contribution in [0.25, 0.3) is 0 Å². The molecule has 5 nitrogen and oxygen atoms in total. The third-order valence-electron chi connectivity index (χ3n) is 3.87. The third kappa shape index (κ3) is 6.29. The van der Waals surface area contributed by atoms with E-state index in [1.807, 2.05) is 13.0 Å². The fourth-order valence-electron chi connectivity index (χ4n) is 2.51. The molecule has 0 fully saturated rings. The van der Waals surface area contributed by atoms with E-state index in [2.05, 4.69) is 15.4 Å². The molecule has 2 rings (SSSR count). The third-order valence-corrected chi connectivity index (χ3v) is 3.87. The lowest BCUT2D eigenvalue weighted by atomic mass is 10.0. The van der Waals surface area contributed by atoms with Gasteiger partial charge in [0, 0.05) is 11.3 Å². The van der Waals surface area contributed by atoms with Crippen LogP contribution in [0, 0.1) is 12.8 Å². The second-order valence-electron chi connectivity index (χ2n) is 6.63. The Hall–Kier alpha value is -3.03. The molecule has 0 aliphatic carbocycles. The maximum atomic E-state index is 12.6. The summed E-state index contributed by atoms with van der Waals surface area (Å²) in [7, 11) is 0. The number of hydrogen-bond donors (Lipinski definition) is 2. The zero-order valence-electron chi connectivity index (χ0n) is 15.6. The Bertz CT molecular complexity index is 833. The summed E-state index contributed by atoms with van der Waals surface area (Å²) in [6.07, 6.45) is -4.78. The number of alkyl halides is 3. The molecule has 2 aromatic rings. The summed E-state index contributed by atoms with van der Waals surface area (Å²) in [5, 5.41) is 5.29. The predicted octanol–water partition coefficient (Wildman–Crippen LogP) is 4.29. The van der Waals surface area contributed by atoms with Crippen molar-refractivity contribution >= 4 is 17.5 Å². The van der Waals surface area contributed by atoms with Gasteiger partial charge in [0.25, 0.3) is 5.91 Å². The van der Waals surface area contributed by atoms with Gasteiger partial charge in [-0.15, -0.1) is 13.2 Å². The van der Waals surface area contributed by atoms with Gasteiger partial charge in [0.2, 0.25) is 5.91 Å². The summed E-state index contributed by atoms with van der Waals surface area (Å²) in [4.78, 5) is 25.0. The Balaban J connectivity index is 2.05. The van der Waals surface area contributed by atoms with Crippen molar-refractivity contribution in [1.29, 1.82) is 0 Å². The van der Waals surface area contributed by atoms with E-state index in [1.165, 1.54) is 12.1 Å². The molecule has 0 spiro atoms. The average Bonchev–Trinajstić information content (AvgIpc) is 2.59. The van der Waals surface area contributed by atoms with Gasteiger partial charge in [-0.05, 0) is 49.2 Å². The number of halogens is 3. The zero-order valence-corrected chi connectivity index (χ0v) is 15.6. The molecule has 0 radical (unpaired) electrons. The van der Waals surface area contributed by atoms with Crippen molar-refractivity contribution in [3.05, 3.63) is 59.7 Å². The van der Waals surface area contributed by atoms with Gasteiger partial charge in [0.15, 0.2) is 0 Å². The predicted molar refractivity (Wildman–Crippen MR) is 99.0 cm³/mol. The van der Waals surface area contributed by atoms with Gasteiger partial charge in [-0.3, -0.25) is 9.59 Å². The van der Waals surface area contributed by atoms with Gasteiger partial charge in [-0.1, -0.05) is 31.5 Å². The number of carbonyl (C=O) groups is 2. The van der Waals surface area contributed by atoms with Crippen LogP contribution >= 0.6 is 0 Å². The zero-order chi connectivity index (χ0) is 20.9. The van der Waals surface area contributed by atoms with E-state index in [-0.39, 0.29) is 17.5 Å². The van der Waals surface area contributed by atoms with Crippen molar-refractivity contribution in [2.45, 2.75) is 33.2 Å². The minimum absolute atomic E-state index is 0.207. The molecule has 0 aliphatic rings. The molecule has 8 heteroatoms. The SMILES string of the molecule is Cc1cccc(C(=O)NC(C(=O)Nc2ccc(OC(F)(F)F)cc2)C(C)C)c1. The normalized spacial score (nSPS) is 12.4. The quantitative estimate of drug-likeness (QED) is 0.768. The molecule has 2 amide bonds. The standard InChI is InChI=1S/C20H21F3N2O3/c1-12(2)17(25-18(26)14-6-4-5-13(3)11-14)19(27)24-15-7-9-16(10-8-15)28-20(21,22)23/h4-12,17H,1-3H3,(H,24,27)(H,25,26). The van der Waals surface area contributed by atoms with Gasteiger partial charge in [0.1, 0.15) is 11.8 Å². The monoisotopic (exact) mass is 394 g/mol. The first kappa shape index (κ1) is 21.3. The van der Waals surface area contributed by atoms with Crippen LogP contribution in [0.4, 0.5) is 18.9 Å². The van der Waals surface area contributed by atoms with Gasteiger partial charge >= 0.3 is 6.36 Å². The topological polar surface area (TPSA) is 67.4 Å². The number of nitrogens with one attached hydrogen (secondary N) is 2. The first-order valence-electron chi connectivity index (χ1n) is 8.59. The number of benzene rings is 2. The number of anilines is 1. The summed E-state index contributed by atoms with van der Waals surface area (Å²) in [6.45, 7) is 5.41. The Kier molecular flexibility index (Phi) is 6.66. The van der Waals surface area contributed by atoms with Crippen molar-refractivity contribution in [3.63, 3.8) is 0 Å². The molecule has 150 valence electrons. The molecule has 2 N–H and O–H groups in total. The van der Waals surface area contributed by atoms with Crippen LogP contribution in [0.5, 0.6) is 5.75 Å². The molecular weight excluding hydrogens is 373 g/mol. The van der Waals surface area contributed by atoms with Crippen molar-refractivity contribution in [1.82, 2.24) is 5.32 Å². The highest BCUT2D eigenvalue weighted by Crippen LogP contribution is 2.24. The number of carbonyl (C=O) groups excluding carboxylic acids is 2. The second kappa shape index (κ2) is 8.77. The number of amides is 2. The summed E-state index contributed by atoms with van der Waals surface area (Å²) in [5.41, 5.74) is 1.64. The van der Waals surface area contributed by atoms with Crippen LogP contribution in [0.1, 0.15) is 29.8 Å². The highest BCUT2D eigenvalue weighted by atomic mass is 19.4. The summed E-state index contributed by atoms with van der Waals surface area (Å²) < 4.78 is 40.4. The Morgan fingerprint density at radius 2 is 1.68 bits per heavy atom. The van der Waals surface area contributed by atoms with Crippen LogP contribution in [-0.4, -0.2) is 24.2 Å². The molecule has 0 saturated heterocycles. The molecule has 0 aromatic heterocycles. The van der Waals surface area contributed by atoms with Gasteiger partial charge in [-0.25, -0.2) is 0 Å².